The van der Waals surface area contributed by atoms with Crippen molar-refractivity contribution in [2.24, 2.45) is 5.84 Å². The van der Waals surface area contributed by atoms with Crippen LogP contribution in [-0.2, 0) is 12.8 Å². The first-order chi connectivity index (χ1) is 7.15. The van der Waals surface area contributed by atoms with E-state index in [2.05, 4.69) is 27.2 Å². The van der Waals surface area contributed by atoms with Crippen LogP contribution in [0.15, 0.2) is 6.07 Å². The van der Waals surface area contributed by atoms with Gasteiger partial charge in [-0.15, -0.1) is 0 Å². The van der Waals surface area contributed by atoms with Gasteiger partial charge in [0.05, 0.1) is 0 Å². The van der Waals surface area contributed by atoms with Crippen LogP contribution in [-0.4, -0.2) is 35.5 Å². The Morgan fingerprint density at radius 2 is 2.13 bits per heavy atom. The third-order valence-electron chi connectivity index (χ3n) is 2.12. The summed E-state index contributed by atoms with van der Waals surface area (Å²) in [6, 6.07) is 1.87. The highest BCUT2D eigenvalue weighted by Gasteiger charge is 2.03. The third-order valence-corrected chi connectivity index (χ3v) is 2.12. The van der Waals surface area contributed by atoms with Crippen molar-refractivity contribution in [3.8, 4) is 0 Å². The molecule has 0 aromatic carbocycles. The standard InChI is InChI=1S/C10H19N5/c1-4-8-7-10(14-11)13-9(12-8)5-6-15(2)3/h7H,4-6,11H2,1-3H3,(H,12,13,14). The molecule has 84 valence electrons. The molecule has 5 nitrogen and oxygen atoms in total. The van der Waals surface area contributed by atoms with Crippen LogP contribution in [0.25, 0.3) is 0 Å². The number of anilines is 1. The van der Waals surface area contributed by atoms with E-state index in [1.165, 1.54) is 0 Å². The summed E-state index contributed by atoms with van der Waals surface area (Å²) in [4.78, 5) is 10.8. The van der Waals surface area contributed by atoms with Gasteiger partial charge in [-0.05, 0) is 20.5 Å². The van der Waals surface area contributed by atoms with Crippen LogP contribution in [0.1, 0.15) is 18.4 Å². The highest BCUT2D eigenvalue weighted by molar-refractivity contribution is 5.34. The monoisotopic (exact) mass is 209 g/mol. The van der Waals surface area contributed by atoms with Crippen molar-refractivity contribution in [1.82, 2.24) is 14.9 Å². The molecule has 0 aliphatic carbocycles. The summed E-state index contributed by atoms with van der Waals surface area (Å²) >= 11 is 0. The molecule has 1 aromatic rings. The Morgan fingerprint density at radius 3 is 2.67 bits per heavy atom. The molecule has 0 aliphatic rings. The van der Waals surface area contributed by atoms with E-state index in [4.69, 9.17) is 5.84 Å². The number of nitrogen functional groups attached to an aromatic ring is 1. The van der Waals surface area contributed by atoms with E-state index in [1.807, 2.05) is 20.2 Å². The Balaban J connectivity index is 2.77. The average Bonchev–Trinajstić information content (AvgIpc) is 2.25. The summed E-state index contributed by atoms with van der Waals surface area (Å²) in [7, 11) is 4.07. The molecule has 0 aliphatic heterocycles. The largest absolute Gasteiger partial charge is 0.309 e. The molecule has 0 saturated heterocycles. The Kier molecular flexibility index (Phi) is 4.45. The SMILES string of the molecule is CCc1cc(NN)nc(CCN(C)C)n1. The quantitative estimate of drug-likeness (QED) is 0.543. The summed E-state index contributed by atoms with van der Waals surface area (Å²) < 4.78 is 0. The Labute approximate surface area is 90.7 Å². The minimum atomic E-state index is 0.690. The van der Waals surface area contributed by atoms with E-state index in [-0.39, 0.29) is 0 Å². The van der Waals surface area contributed by atoms with Crippen molar-refractivity contribution < 1.29 is 0 Å². The number of rotatable bonds is 5. The summed E-state index contributed by atoms with van der Waals surface area (Å²) in [6.07, 6.45) is 1.74. The molecule has 3 N–H and O–H groups in total. The fraction of sp³-hybridized carbons (Fsp3) is 0.600. The minimum Gasteiger partial charge on any atom is -0.309 e. The van der Waals surface area contributed by atoms with Crippen LogP contribution in [0, 0.1) is 0 Å². The van der Waals surface area contributed by atoms with Crippen LogP contribution in [0.3, 0.4) is 0 Å². The molecular formula is C10H19N5. The van der Waals surface area contributed by atoms with Crippen LogP contribution in [0.5, 0.6) is 0 Å². The smallest absolute Gasteiger partial charge is 0.143 e. The zero-order valence-electron chi connectivity index (χ0n) is 9.62. The van der Waals surface area contributed by atoms with Gasteiger partial charge in [0.1, 0.15) is 11.6 Å². The van der Waals surface area contributed by atoms with Gasteiger partial charge in [0.2, 0.25) is 0 Å². The van der Waals surface area contributed by atoms with E-state index in [0.717, 1.165) is 30.9 Å². The maximum atomic E-state index is 5.35. The first-order valence-electron chi connectivity index (χ1n) is 5.14. The van der Waals surface area contributed by atoms with Gasteiger partial charge in [-0.25, -0.2) is 15.8 Å². The fourth-order valence-electron chi connectivity index (χ4n) is 1.24. The lowest BCUT2D eigenvalue weighted by atomic mass is 10.3. The van der Waals surface area contributed by atoms with E-state index >= 15 is 0 Å². The molecule has 1 aromatic heterocycles. The Hall–Kier alpha value is -1.20. The van der Waals surface area contributed by atoms with Gasteiger partial charge in [0.25, 0.3) is 0 Å². The predicted octanol–water partition coefficient (Wildman–Crippen LogP) is 0.429. The van der Waals surface area contributed by atoms with E-state index in [0.29, 0.717) is 5.82 Å². The second-order valence-electron chi connectivity index (χ2n) is 3.71. The third kappa shape index (κ3) is 3.81. The normalized spacial score (nSPS) is 10.7. The van der Waals surface area contributed by atoms with Gasteiger partial charge < -0.3 is 10.3 Å². The maximum Gasteiger partial charge on any atom is 0.143 e. The lowest BCUT2D eigenvalue weighted by Crippen LogP contribution is -2.18. The predicted molar refractivity (Wildman–Crippen MR) is 61.5 cm³/mol. The molecule has 0 bridgehead atoms. The second-order valence-corrected chi connectivity index (χ2v) is 3.71. The summed E-state index contributed by atoms with van der Waals surface area (Å²) in [5.74, 6) is 6.88. The second kappa shape index (κ2) is 5.63. The average molecular weight is 209 g/mol. The summed E-state index contributed by atoms with van der Waals surface area (Å²) in [6.45, 7) is 3.01. The molecule has 0 unspecified atom stereocenters. The van der Waals surface area contributed by atoms with Gasteiger partial charge >= 0.3 is 0 Å². The molecule has 0 atom stereocenters. The number of hydrogen-bond acceptors (Lipinski definition) is 5. The number of nitrogens with two attached hydrogens (primary N) is 1. The molecule has 5 heteroatoms. The first-order valence-corrected chi connectivity index (χ1v) is 5.14. The highest BCUT2D eigenvalue weighted by atomic mass is 15.3. The molecule has 1 rings (SSSR count). The number of hydrogen-bond donors (Lipinski definition) is 2. The summed E-state index contributed by atoms with van der Waals surface area (Å²) in [5.41, 5.74) is 3.59. The van der Waals surface area contributed by atoms with Crippen molar-refractivity contribution >= 4 is 5.82 Å². The van der Waals surface area contributed by atoms with Gasteiger partial charge in [0, 0.05) is 24.7 Å². The molecule has 15 heavy (non-hydrogen) atoms. The molecule has 0 spiro atoms. The number of aryl methyl sites for hydroxylation is 1. The molecular weight excluding hydrogens is 190 g/mol. The zero-order valence-corrected chi connectivity index (χ0v) is 9.62. The number of nitrogens with one attached hydrogen (secondary N) is 1. The molecule has 0 saturated carbocycles. The van der Waals surface area contributed by atoms with Crippen LogP contribution < -0.4 is 11.3 Å². The van der Waals surface area contributed by atoms with Crippen LogP contribution in [0.4, 0.5) is 5.82 Å². The van der Waals surface area contributed by atoms with Crippen molar-refractivity contribution in [1.29, 1.82) is 0 Å². The lowest BCUT2D eigenvalue weighted by molar-refractivity contribution is 0.409. The van der Waals surface area contributed by atoms with Crippen molar-refractivity contribution in [3.63, 3.8) is 0 Å². The Morgan fingerprint density at radius 1 is 1.40 bits per heavy atom. The van der Waals surface area contributed by atoms with E-state index in [9.17, 15) is 0 Å². The van der Waals surface area contributed by atoms with E-state index in [1.54, 1.807) is 0 Å². The number of hydrazine groups is 1. The van der Waals surface area contributed by atoms with Crippen molar-refractivity contribution in [2.45, 2.75) is 19.8 Å². The molecule has 0 fully saturated rings. The Bertz CT molecular complexity index is 288. The van der Waals surface area contributed by atoms with Gasteiger partial charge in [0.15, 0.2) is 0 Å². The number of nitrogens with zero attached hydrogens (tertiary/aromatic N) is 3. The number of aromatic nitrogens is 2. The lowest BCUT2D eigenvalue weighted by Gasteiger charge is -2.10. The zero-order chi connectivity index (χ0) is 11.3. The highest BCUT2D eigenvalue weighted by Crippen LogP contribution is 2.06. The van der Waals surface area contributed by atoms with E-state index < -0.39 is 0 Å². The van der Waals surface area contributed by atoms with Crippen molar-refractivity contribution in [2.75, 3.05) is 26.1 Å². The van der Waals surface area contributed by atoms with Crippen molar-refractivity contribution in [3.05, 3.63) is 17.6 Å². The fourth-order valence-corrected chi connectivity index (χ4v) is 1.24. The topological polar surface area (TPSA) is 67.1 Å². The van der Waals surface area contributed by atoms with Gasteiger partial charge in [-0.2, -0.15) is 0 Å². The number of likely N-dealkylation sites (N-methyl/N-ethyl adjacent to an activating group) is 1. The molecule has 0 amide bonds. The van der Waals surface area contributed by atoms with Gasteiger partial charge in [-0.1, -0.05) is 6.92 Å². The molecule has 0 radical (unpaired) electrons. The minimum absolute atomic E-state index is 0.690. The summed E-state index contributed by atoms with van der Waals surface area (Å²) in [5, 5.41) is 0. The van der Waals surface area contributed by atoms with Crippen LogP contribution in [0.2, 0.25) is 0 Å². The maximum absolute atomic E-state index is 5.35. The molecule has 1 heterocycles. The van der Waals surface area contributed by atoms with Gasteiger partial charge in [-0.3, -0.25) is 0 Å². The first kappa shape index (κ1) is 11.9. The van der Waals surface area contributed by atoms with Crippen LogP contribution >= 0.6 is 0 Å².